The van der Waals surface area contributed by atoms with Crippen molar-refractivity contribution < 1.29 is 17.9 Å². The molecule has 0 saturated carbocycles. The summed E-state index contributed by atoms with van der Waals surface area (Å²) < 4.78 is 39.1. The summed E-state index contributed by atoms with van der Waals surface area (Å²) in [6, 6.07) is 2.29. The van der Waals surface area contributed by atoms with E-state index in [1.165, 1.54) is 13.0 Å². The highest BCUT2D eigenvalue weighted by Crippen LogP contribution is 2.25. The van der Waals surface area contributed by atoms with Gasteiger partial charge in [0.25, 0.3) is 0 Å². The summed E-state index contributed by atoms with van der Waals surface area (Å²) in [6.07, 6.45) is -0.864. The van der Waals surface area contributed by atoms with Gasteiger partial charge in [0, 0.05) is 12.2 Å². The predicted octanol–water partition coefficient (Wildman–Crippen LogP) is 0.829. The van der Waals surface area contributed by atoms with Crippen molar-refractivity contribution in [3.63, 3.8) is 0 Å². The van der Waals surface area contributed by atoms with Gasteiger partial charge >= 0.3 is 0 Å². The van der Waals surface area contributed by atoms with Crippen LogP contribution in [0.5, 0.6) is 0 Å². The van der Waals surface area contributed by atoms with E-state index in [-0.39, 0.29) is 16.7 Å². The summed E-state index contributed by atoms with van der Waals surface area (Å²) in [6.45, 7) is 1.21. The standard InChI is InChI=1S/C9H12BrFN2O3S/c1-5(14)4-13-17(15,16)8-3-6(12)2-7(10)9(8)11/h2-3,5,13-14H,4,12H2,1H3. The SMILES string of the molecule is CC(O)CNS(=O)(=O)c1cc(N)cc(Br)c1F. The van der Waals surface area contributed by atoms with Crippen molar-refractivity contribution in [3.8, 4) is 0 Å². The first-order chi connectivity index (χ1) is 7.74. The summed E-state index contributed by atoms with van der Waals surface area (Å²) in [7, 11) is -4.03. The first-order valence-corrected chi connectivity index (χ1v) is 6.94. The Balaban J connectivity index is 3.15. The van der Waals surface area contributed by atoms with E-state index in [0.717, 1.165) is 6.07 Å². The van der Waals surface area contributed by atoms with Gasteiger partial charge in [-0.25, -0.2) is 17.5 Å². The molecule has 8 heteroatoms. The molecule has 17 heavy (non-hydrogen) atoms. The van der Waals surface area contributed by atoms with Crippen molar-refractivity contribution in [1.29, 1.82) is 0 Å². The van der Waals surface area contributed by atoms with E-state index in [4.69, 9.17) is 10.8 Å². The molecule has 0 bridgehead atoms. The van der Waals surface area contributed by atoms with Crippen LogP contribution in [0.15, 0.2) is 21.5 Å². The van der Waals surface area contributed by atoms with Crippen LogP contribution in [-0.4, -0.2) is 26.2 Å². The van der Waals surface area contributed by atoms with Crippen LogP contribution in [0.1, 0.15) is 6.92 Å². The molecule has 1 rings (SSSR count). The molecule has 96 valence electrons. The van der Waals surface area contributed by atoms with Crippen LogP contribution in [0.2, 0.25) is 0 Å². The number of anilines is 1. The number of aliphatic hydroxyl groups excluding tert-OH is 1. The number of nitrogens with one attached hydrogen (secondary N) is 1. The van der Waals surface area contributed by atoms with Crippen LogP contribution in [0, 0.1) is 5.82 Å². The van der Waals surface area contributed by atoms with E-state index in [9.17, 15) is 12.8 Å². The highest BCUT2D eigenvalue weighted by molar-refractivity contribution is 9.10. The second-order valence-electron chi connectivity index (χ2n) is 3.52. The van der Waals surface area contributed by atoms with E-state index in [1.807, 2.05) is 0 Å². The molecule has 1 atom stereocenters. The minimum absolute atomic E-state index is 0.0325. The number of hydrogen-bond donors (Lipinski definition) is 3. The van der Waals surface area contributed by atoms with Crippen LogP contribution in [-0.2, 0) is 10.0 Å². The van der Waals surface area contributed by atoms with Gasteiger partial charge in [-0.1, -0.05) is 0 Å². The molecule has 0 aliphatic rings. The second kappa shape index (κ2) is 5.30. The van der Waals surface area contributed by atoms with Crippen molar-refractivity contribution in [3.05, 3.63) is 22.4 Å². The highest BCUT2D eigenvalue weighted by atomic mass is 79.9. The van der Waals surface area contributed by atoms with E-state index >= 15 is 0 Å². The van der Waals surface area contributed by atoms with Crippen LogP contribution < -0.4 is 10.5 Å². The van der Waals surface area contributed by atoms with Crippen molar-refractivity contribution in [2.45, 2.75) is 17.9 Å². The molecule has 1 aromatic rings. The average molecular weight is 327 g/mol. The zero-order valence-corrected chi connectivity index (χ0v) is 11.3. The Bertz CT molecular complexity index is 519. The Morgan fingerprint density at radius 1 is 1.59 bits per heavy atom. The largest absolute Gasteiger partial charge is 0.399 e. The van der Waals surface area contributed by atoms with Crippen LogP contribution in [0.3, 0.4) is 0 Å². The monoisotopic (exact) mass is 326 g/mol. The Morgan fingerprint density at radius 2 is 2.18 bits per heavy atom. The van der Waals surface area contributed by atoms with E-state index in [1.54, 1.807) is 0 Å². The smallest absolute Gasteiger partial charge is 0.243 e. The summed E-state index contributed by atoms with van der Waals surface area (Å²) in [4.78, 5) is -0.551. The van der Waals surface area contributed by atoms with Crippen molar-refractivity contribution >= 4 is 31.6 Å². The summed E-state index contributed by atoms with van der Waals surface area (Å²) >= 11 is 2.87. The number of nitrogen functional groups attached to an aromatic ring is 1. The fourth-order valence-corrected chi connectivity index (χ4v) is 2.95. The number of sulfonamides is 1. The lowest BCUT2D eigenvalue weighted by Crippen LogP contribution is -2.31. The van der Waals surface area contributed by atoms with Gasteiger partial charge in [0.15, 0.2) is 5.82 Å². The van der Waals surface area contributed by atoms with Gasteiger partial charge in [-0.15, -0.1) is 0 Å². The van der Waals surface area contributed by atoms with Gasteiger partial charge in [-0.05, 0) is 35.0 Å². The van der Waals surface area contributed by atoms with Crippen LogP contribution in [0.4, 0.5) is 10.1 Å². The fraction of sp³-hybridized carbons (Fsp3) is 0.333. The molecule has 0 saturated heterocycles. The quantitative estimate of drug-likeness (QED) is 0.714. The molecule has 0 heterocycles. The van der Waals surface area contributed by atoms with E-state index < -0.39 is 26.8 Å². The highest BCUT2D eigenvalue weighted by Gasteiger charge is 2.21. The number of nitrogens with two attached hydrogens (primary N) is 1. The minimum Gasteiger partial charge on any atom is -0.399 e. The molecule has 1 unspecified atom stereocenters. The zero-order valence-electron chi connectivity index (χ0n) is 8.94. The third kappa shape index (κ3) is 3.63. The number of halogens is 2. The van der Waals surface area contributed by atoms with Crippen molar-refractivity contribution in [2.75, 3.05) is 12.3 Å². The van der Waals surface area contributed by atoms with Gasteiger partial charge in [-0.3, -0.25) is 0 Å². The topological polar surface area (TPSA) is 92.4 Å². The maximum absolute atomic E-state index is 13.6. The van der Waals surface area contributed by atoms with E-state index in [0.29, 0.717) is 0 Å². The molecule has 0 fully saturated rings. The van der Waals surface area contributed by atoms with Gasteiger partial charge in [0.1, 0.15) is 4.90 Å². The third-order valence-electron chi connectivity index (χ3n) is 1.88. The molecular formula is C9H12BrFN2O3S. The third-order valence-corrected chi connectivity index (χ3v) is 3.88. The summed E-state index contributed by atoms with van der Waals surface area (Å²) in [5.74, 6) is -0.919. The lowest BCUT2D eigenvalue weighted by molar-refractivity contribution is 0.198. The van der Waals surface area contributed by atoms with Gasteiger partial charge in [-0.2, -0.15) is 0 Å². The van der Waals surface area contributed by atoms with Crippen LogP contribution >= 0.6 is 15.9 Å². The van der Waals surface area contributed by atoms with E-state index in [2.05, 4.69) is 20.7 Å². The van der Waals surface area contributed by atoms with Crippen molar-refractivity contribution in [2.24, 2.45) is 0 Å². The molecule has 0 radical (unpaired) electrons. The molecule has 0 aromatic heterocycles. The normalized spacial score (nSPS) is 13.6. The first-order valence-electron chi connectivity index (χ1n) is 4.66. The van der Waals surface area contributed by atoms with Gasteiger partial charge in [0.05, 0.1) is 10.6 Å². The fourth-order valence-electron chi connectivity index (χ4n) is 1.09. The zero-order chi connectivity index (χ0) is 13.2. The molecule has 0 aliphatic carbocycles. The average Bonchev–Trinajstić information content (AvgIpc) is 2.20. The number of aliphatic hydroxyl groups is 1. The molecule has 0 aliphatic heterocycles. The summed E-state index contributed by atoms with van der Waals surface area (Å²) in [5, 5.41) is 8.99. The predicted molar refractivity (Wildman–Crippen MR) is 65.4 cm³/mol. The second-order valence-corrected chi connectivity index (χ2v) is 6.11. The van der Waals surface area contributed by atoms with Gasteiger partial charge < -0.3 is 10.8 Å². The number of hydrogen-bond acceptors (Lipinski definition) is 4. The lowest BCUT2D eigenvalue weighted by atomic mass is 10.3. The van der Waals surface area contributed by atoms with Crippen molar-refractivity contribution in [1.82, 2.24) is 4.72 Å². The molecule has 5 nitrogen and oxygen atoms in total. The first kappa shape index (κ1) is 14.4. The molecule has 1 aromatic carbocycles. The maximum atomic E-state index is 13.6. The molecule has 0 amide bonds. The minimum atomic E-state index is -4.03. The Labute approximate surface area is 107 Å². The lowest BCUT2D eigenvalue weighted by Gasteiger charge is -2.10. The maximum Gasteiger partial charge on any atom is 0.243 e. The van der Waals surface area contributed by atoms with Crippen LogP contribution in [0.25, 0.3) is 0 Å². The summed E-state index contributed by atoms with van der Waals surface area (Å²) in [5.41, 5.74) is 5.56. The number of rotatable bonds is 4. The molecule has 0 spiro atoms. The Morgan fingerprint density at radius 3 is 2.71 bits per heavy atom. The Hall–Kier alpha value is -0.700. The number of benzene rings is 1. The molecular weight excluding hydrogens is 315 g/mol. The molecule has 4 N–H and O–H groups in total. The Kier molecular flexibility index (Phi) is 4.48. The van der Waals surface area contributed by atoms with Gasteiger partial charge in [0.2, 0.25) is 10.0 Å².